The second-order valence-electron chi connectivity index (χ2n) is 14.9. The van der Waals surface area contributed by atoms with Crippen LogP contribution in [0.25, 0.3) is 44.4 Å². The standard InChI is InChI=1S/C45H46N4O.Pd/c1-10-14-39-42(32-24-30(5)43(31(6)25-32)45(7,8)9)44(28(2)3)47-49(39)33-15-13-16-34(26-33)50-35-19-20-37-36-17-11-12-18-38(36)48(40(37)27-35)41-23-29(4)21-22-46-41;/h11-13,15-25,28H,10,14H2,1-9H3;/q-2;+2. The number of benzene rings is 4. The monoisotopic (exact) mass is 764 g/mol. The maximum absolute atomic E-state index is 6.52. The van der Waals surface area contributed by atoms with Crippen molar-refractivity contribution in [2.75, 3.05) is 0 Å². The van der Waals surface area contributed by atoms with Crippen molar-refractivity contribution in [3.05, 3.63) is 131 Å². The molecule has 3 heterocycles. The molecule has 0 saturated carbocycles. The SMILES string of the molecule is CCCc1c(-c2cc(C)c(C(C)(C)C)c(C)c2)c(C(C)C)nn1-c1[c-]c(Oc2[c-]c3c(cc2)c2ccccc2n3-c2cc(C)ccn2)ccc1.[Pd+2]. The molecule has 262 valence electrons. The Bertz CT molecular complexity index is 2350. The molecule has 0 fully saturated rings. The minimum Gasteiger partial charge on any atom is -0.509 e. The quantitative estimate of drug-likeness (QED) is 0.114. The number of hydrogen-bond donors (Lipinski definition) is 0. The Morgan fingerprint density at radius 2 is 1.55 bits per heavy atom. The summed E-state index contributed by atoms with van der Waals surface area (Å²) in [6.45, 7) is 20.2. The molecule has 4 aromatic carbocycles. The molecular weight excluding hydrogens is 719 g/mol. The van der Waals surface area contributed by atoms with Gasteiger partial charge in [-0.1, -0.05) is 83.8 Å². The summed E-state index contributed by atoms with van der Waals surface area (Å²) in [4.78, 5) is 4.72. The third-order valence-corrected chi connectivity index (χ3v) is 9.50. The first-order valence-corrected chi connectivity index (χ1v) is 17.8. The second-order valence-corrected chi connectivity index (χ2v) is 14.9. The molecule has 6 heteroatoms. The normalized spacial score (nSPS) is 11.8. The fourth-order valence-corrected chi connectivity index (χ4v) is 7.70. The van der Waals surface area contributed by atoms with Crippen molar-refractivity contribution in [2.24, 2.45) is 0 Å². The van der Waals surface area contributed by atoms with E-state index < -0.39 is 0 Å². The van der Waals surface area contributed by atoms with Crippen LogP contribution in [0.1, 0.15) is 87.5 Å². The van der Waals surface area contributed by atoms with Crippen LogP contribution in [0.4, 0.5) is 0 Å². The minimum absolute atomic E-state index is 0. The van der Waals surface area contributed by atoms with Gasteiger partial charge in [0, 0.05) is 34.5 Å². The van der Waals surface area contributed by atoms with Crippen molar-refractivity contribution >= 4 is 21.8 Å². The van der Waals surface area contributed by atoms with Crippen molar-refractivity contribution < 1.29 is 25.2 Å². The van der Waals surface area contributed by atoms with Crippen molar-refractivity contribution in [2.45, 2.75) is 86.5 Å². The van der Waals surface area contributed by atoms with E-state index in [1.165, 1.54) is 33.5 Å². The minimum atomic E-state index is 0. The van der Waals surface area contributed by atoms with Crippen LogP contribution in [0.3, 0.4) is 0 Å². The van der Waals surface area contributed by atoms with Gasteiger partial charge in [-0.3, -0.25) is 4.68 Å². The number of nitrogens with zero attached hydrogens (tertiary/aromatic N) is 4. The fourth-order valence-electron chi connectivity index (χ4n) is 7.70. The average molecular weight is 765 g/mol. The van der Waals surface area contributed by atoms with Gasteiger partial charge in [0.1, 0.15) is 5.82 Å². The summed E-state index contributed by atoms with van der Waals surface area (Å²) in [5.74, 6) is 2.34. The smallest absolute Gasteiger partial charge is 0.509 e. The summed E-state index contributed by atoms with van der Waals surface area (Å²) in [6.07, 6.45) is 3.76. The molecule has 5 nitrogen and oxygen atoms in total. The molecule has 51 heavy (non-hydrogen) atoms. The topological polar surface area (TPSA) is 44.9 Å². The number of ether oxygens (including phenoxy) is 1. The zero-order chi connectivity index (χ0) is 35.3. The summed E-state index contributed by atoms with van der Waals surface area (Å²) >= 11 is 0. The van der Waals surface area contributed by atoms with Gasteiger partial charge >= 0.3 is 20.4 Å². The molecule has 0 aliphatic rings. The van der Waals surface area contributed by atoms with Crippen LogP contribution in [-0.4, -0.2) is 19.3 Å². The number of aryl methyl sites for hydroxylation is 3. The van der Waals surface area contributed by atoms with E-state index in [1.807, 2.05) is 30.5 Å². The van der Waals surface area contributed by atoms with Gasteiger partial charge in [0.2, 0.25) is 0 Å². The van der Waals surface area contributed by atoms with Gasteiger partial charge in [-0.15, -0.1) is 35.7 Å². The Labute approximate surface area is 316 Å². The molecule has 7 aromatic rings. The van der Waals surface area contributed by atoms with Crippen molar-refractivity contribution in [3.63, 3.8) is 0 Å². The van der Waals surface area contributed by atoms with E-state index in [9.17, 15) is 0 Å². The number of fused-ring (bicyclic) bond motifs is 3. The Kier molecular flexibility index (Phi) is 10.1. The molecule has 0 unspecified atom stereocenters. The van der Waals surface area contributed by atoms with Gasteiger partial charge in [0.05, 0.1) is 5.69 Å². The van der Waals surface area contributed by atoms with E-state index in [1.54, 1.807) is 0 Å². The molecule has 0 N–H and O–H groups in total. The van der Waals surface area contributed by atoms with Gasteiger partial charge in [-0.05, 0) is 95.6 Å². The first-order chi connectivity index (χ1) is 23.9. The first-order valence-electron chi connectivity index (χ1n) is 17.8. The third-order valence-electron chi connectivity index (χ3n) is 9.50. The maximum atomic E-state index is 6.52. The van der Waals surface area contributed by atoms with Crippen molar-refractivity contribution in [1.82, 2.24) is 19.3 Å². The second kappa shape index (κ2) is 14.3. The number of rotatable bonds is 8. The Balaban J connectivity index is 0.00000448. The molecule has 0 aliphatic carbocycles. The third kappa shape index (κ3) is 6.80. The number of aromatic nitrogens is 4. The van der Waals surface area contributed by atoms with Crippen LogP contribution < -0.4 is 4.74 Å². The zero-order valence-corrected chi connectivity index (χ0v) is 32.6. The Morgan fingerprint density at radius 3 is 2.24 bits per heavy atom. The summed E-state index contributed by atoms with van der Waals surface area (Å²) in [5, 5.41) is 7.54. The van der Waals surface area contributed by atoms with Crippen LogP contribution in [0, 0.1) is 32.9 Å². The molecule has 0 radical (unpaired) electrons. The van der Waals surface area contributed by atoms with E-state index in [-0.39, 0.29) is 31.8 Å². The summed E-state index contributed by atoms with van der Waals surface area (Å²) in [6, 6.07) is 34.5. The van der Waals surface area contributed by atoms with Crippen LogP contribution in [0.15, 0.2) is 85.1 Å². The van der Waals surface area contributed by atoms with Crippen LogP contribution >= 0.6 is 0 Å². The van der Waals surface area contributed by atoms with E-state index in [0.29, 0.717) is 11.5 Å². The van der Waals surface area contributed by atoms with Gasteiger partial charge in [-0.2, -0.15) is 17.2 Å². The first kappa shape index (κ1) is 36.3. The molecule has 7 rings (SSSR count). The summed E-state index contributed by atoms with van der Waals surface area (Å²) in [7, 11) is 0. The number of hydrogen-bond acceptors (Lipinski definition) is 3. The average Bonchev–Trinajstić information content (AvgIpc) is 3.60. The molecule has 0 aliphatic heterocycles. The van der Waals surface area contributed by atoms with Crippen LogP contribution in [0.5, 0.6) is 11.5 Å². The number of pyridine rings is 1. The molecule has 0 atom stereocenters. The molecule has 0 bridgehead atoms. The van der Waals surface area contributed by atoms with Gasteiger partial charge in [-0.25, -0.2) is 4.98 Å². The van der Waals surface area contributed by atoms with Crippen molar-refractivity contribution in [1.29, 1.82) is 0 Å². The van der Waals surface area contributed by atoms with E-state index in [2.05, 4.69) is 138 Å². The summed E-state index contributed by atoms with van der Waals surface area (Å²) < 4.78 is 10.8. The van der Waals surface area contributed by atoms with Gasteiger partial charge < -0.3 is 9.30 Å². The molecule has 3 aromatic heterocycles. The molecule has 0 amide bonds. The van der Waals surface area contributed by atoms with E-state index in [0.717, 1.165) is 57.4 Å². The largest absolute Gasteiger partial charge is 2.00 e. The zero-order valence-electron chi connectivity index (χ0n) is 31.1. The van der Waals surface area contributed by atoms with Gasteiger partial charge in [0.25, 0.3) is 0 Å². The van der Waals surface area contributed by atoms with E-state index in [4.69, 9.17) is 14.8 Å². The summed E-state index contributed by atoms with van der Waals surface area (Å²) in [5.41, 5.74) is 12.9. The Morgan fingerprint density at radius 1 is 0.824 bits per heavy atom. The Hall–Kier alpha value is -4.50. The van der Waals surface area contributed by atoms with E-state index >= 15 is 0 Å². The van der Waals surface area contributed by atoms with Crippen molar-refractivity contribution in [3.8, 4) is 34.1 Å². The van der Waals surface area contributed by atoms with Crippen LogP contribution in [-0.2, 0) is 32.3 Å². The predicted molar refractivity (Wildman–Crippen MR) is 206 cm³/mol. The predicted octanol–water partition coefficient (Wildman–Crippen LogP) is 11.7. The molecule has 0 saturated heterocycles. The number of para-hydroxylation sites is 1. The van der Waals surface area contributed by atoms with Crippen LogP contribution in [0.2, 0.25) is 0 Å². The maximum Gasteiger partial charge on any atom is 2.00 e. The molecule has 0 spiro atoms. The van der Waals surface area contributed by atoms with Gasteiger partial charge in [0.15, 0.2) is 0 Å². The fraction of sp³-hybridized carbons (Fsp3) is 0.289. The molecular formula is C45H46N4OPd.